The summed E-state index contributed by atoms with van der Waals surface area (Å²) in [4.78, 5) is 23.1. The molecule has 0 unspecified atom stereocenters. The average molecular weight is 418 g/mol. The number of hydrogen-bond acceptors (Lipinski definition) is 7. The summed E-state index contributed by atoms with van der Waals surface area (Å²) in [5.41, 5.74) is 0. The Morgan fingerprint density at radius 3 is 2.08 bits per heavy atom. The highest BCUT2D eigenvalue weighted by Crippen LogP contribution is 2.20. The van der Waals surface area contributed by atoms with Gasteiger partial charge >= 0.3 is 0 Å². The molecule has 8 heteroatoms. The molecule has 0 aliphatic carbocycles. The Balaban J connectivity index is 1.40. The van der Waals surface area contributed by atoms with Crippen LogP contribution in [0.15, 0.2) is 35.1 Å². The van der Waals surface area contributed by atoms with Crippen molar-refractivity contribution in [2.24, 2.45) is 0 Å². The molecule has 0 saturated carbocycles. The first-order valence-corrected chi connectivity index (χ1v) is 9.86. The van der Waals surface area contributed by atoms with Crippen LogP contribution in [0.1, 0.15) is 0 Å². The third kappa shape index (κ3) is 3.91. The second-order valence-electron chi connectivity index (χ2n) is 6.81. The van der Waals surface area contributed by atoms with Gasteiger partial charge in [-0.05, 0) is 41.2 Å². The van der Waals surface area contributed by atoms with Crippen molar-refractivity contribution in [3.63, 3.8) is 0 Å². The molecule has 2 saturated heterocycles. The molecule has 0 atom stereocenters. The summed E-state index contributed by atoms with van der Waals surface area (Å²) in [6, 6.07) is 6.13. The van der Waals surface area contributed by atoms with Crippen LogP contribution >= 0.6 is 15.9 Å². The van der Waals surface area contributed by atoms with Crippen LogP contribution in [0.4, 0.5) is 17.6 Å². The molecule has 0 spiro atoms. The number of pyridine rings is 1. The van der Waals surface area contributed by atoms with E-state index in [1.165, 1.54) is 0 Å². The first-order chi connectivity index (χ1) is 12.7. The van der Waals surface area contributed by atoms with Crippen LogP contribution in [0.2, 0.25) is 0 Å². The summed E-state index contributed by atoms with van der Waals surface area (Å²) in [7, 11) is 2.16. The molecular weight excluding hydrogens is 394 g/mol. The largest absolute Gasteiger partial charge is 0.353 e. The Labute approximate surface area is 162 Å². The lowest BCUT2D eigenvalue weighted by atomic mass is 10.3. The van der Waals surface area contributed by atoms with Gasteiger partial charge in [0.2, 0.25) is 5.95 Å². The Morgan fingerprint density at radius 2 is 1.42 bits per heavy atom. The molecule has 2 aliphatic rings. The van der Waals surface area contributed by atoms with E-state index in [0.717, 1.165) is 74.4 Å². The Morgan fingerprint density at radius 1 is 0.769 bits per heavy atom. The van der Waals surface area contributed by atoms with Gasteiger partial charge in [0, 0.05) is 69.2 Å². The number of aromatic nitrogens is 3. The second-order valence-corrected chi connectivity index (χ2v) is 7.73. The minimum atomic E-state index is 0.854. The van der Waals surface area contributed by atoms with Crippen molar-refractivity contribution in [3.05, 3.63) is 35.1 Å². The van der Waals surface area contributed by atoms with E-state index in [2.05, 4.69) is 58.6 Å². The smallest absolute Gasteiger partial charge is 0.227 e. The summed E-state index contributed by atoms with van der Waals surface area (Å²) < 4.78 is 1.01. The normalized spacial score (nSPS) is 19.1. The number of halogens is 1. The van der Waals surface area contributed by atoms with Crippen LogP contribution in [-0.4, -0.2) is 79.3 Å². The lowest BCUT2D eigenvalue weighted by molar-refractivity contribution is 0.311. The minimum Gasteiger partial charge on any atom is -0.353 e. The Hall–Kier alpha value is -1.93. The van der Waals surface area contributed by atoms with Gasteiger partial charge in [-0.1, -0.05) is 0 Å². The van der Waals surface area contributed by atoms with Gasteiger partial charge in [-0.3, -0.25) is 0 Å². The zero-order chi connectivity index (χ0) is 17.9. The molecule has 26 heavy (non-hydrogen) atoms. The van der Waals surface area contributed by atoms with Crippen LogP contribution in [-0.2, 0) is 0 Å². The van der Waals surface area contributed by atoms with Gasteiger partial charge in [0.1, 0.15) is 11.6 Å². The molecule has 138 valence electrons. The number of anilines is 3. The van der Waals surface area contributed by atoms with Gasteiger partial charge in [0.15, 0.2) is 0 Å². The van der Waals surface area contributed by atoms with Crippen LogP contribution in [0.3, 0.4) is 0 Å². The second kappa shape index (κ2) is 7.75. The standard InChI is InChI=1S/C18H24BrN7/c1-23-6-8-26(9-7-23)18-20-5-4-17(22-18)25-12-10-24(11-13-25)16-3-2-15(19)14-21-16/h2-5,14H,6-13H2,1H3. The van der Waals surface area contributed by atoms with Crippen molar-refractivity contribution in [3.8, 4) is 0 Å². The third-order valence-electron chi connectivity index (χ3n) is 5.05. The van der Waals surface area contributed by atoms with Crippen LogP contribution < -0.4 is 14.7 Å². The SMILES string of the molecule is CN1CCN(c2nccc(N3CCN(c4ccc(Br)cn4)CC3)n2)CC1. The predicted octanol–water partition coefficient (Wildman–Crippen LogP) is 1.71. The fourth-order valence-corrected chi connectivity index (χ4v) is 3.63. The monoisotopic (exact) mass is 417 g/mol. The molecular formula is C18H24BrN7. The number of hydrogen-bond donors (Lipinski definition) is 0. The maximum atomic E-state index is 4.84. The predicted molar refractivity (Wildman–Crippen MR) is 108 cm³/mol. The third-order valence-corrected chi connectivity index (χ3v) is 5.52. The molecule has 4 rings (SSSR count). The summed E-state index contributed by atoms with van der Waals surface area (Å²) in [6.45, 7) is 7.88. The van der Waals surface area contributed by atoms with Crippen molar-refractivity contribution in [2.75, 3.05) is 74.1 Å². The lowest BCUT2D eigenvalue weighted by Crippen LogP contribution is -2.47. The van der Waals surface area contributed by atoms with Crippen LogP contribution in [0.25, 0.3) is 0 Å². The van der Waals surface area contributed by atoms with E-state index in [0.29, 0.717) is 0 Å². The van der Waals surface area contributed by atoms with E-state index in [9.17, 15) is 0 Å². The Bertz CT molecular complexity index is 723. The molecule has 0 amide bonds. The first kappa shape index (κ1) is 17.5. The van der Waals surface area contributed by atoms with Crippen LogP contribution in [0, 0.1) is 0 Å². The summed E-state index contributed by atoms with van der Waals surface area (Å²) in [5, 5.41) is 0. The highest BCUT2D eigenvalue weighted by atomic mass is 79.9. The van der Waals surface area contributed by atoms with Gasteiger partial charge in [-0.25, -0.2) is 9.97 Å². The van der Waals surface area contributed by atoms with Crippen molar-refractivity contribution < 1.29 is 0 Å². The van der Waals surface area contributed by atoms with E-state index in [4.69, 9.17) is 4.98 Å². The summed E-state index contributed by atoms with van der Waals surface area (Å²) >= 11 is 3.44. The van der Waals surface area contributed by atoms with E-state index >= 15 is 0 Å². The molecule has 7 nitrogen and oxygen atoms in total. The van der Waals surface area contributed by atoms with Crippen molar-refractivity contribution >= 4 is 33.5 Å². The first-order valence-electron chi connectivity index (χ1n) is 9.07. The number of piperazine rings is 2. The van der Waals surface area contributed by atoms with Gasteiger partial charge in [0.05, 0.1) is 0 Å². The quantitative estimate of drug-likeness (QED) is 0.753. The van der Waals surface area contributed by atoms with Crippen LogP contribution in [0.5, 0.6) is 0 Å². The fraction of sp³-hybridized carbons (Fsp3) is 0.500. The molecule has 4 heterocycles. The molecule has 0 radical (unpaired) electrons. The lowest BCUT2D eigenvalue weighted by Gasteiger charge is -2.37. The molecule has 2 aliphatic heterocycles. The summed E-state index contributed by atoms with van der Waals surface area (Å²) in [6.07, 6.45) is 3.74. The zero-order valence-corrected chi connectivity index (χ0v) is 16.6. The van der Waals surface area contributed by atoms with E-state index in [1.54, 1.807) is 0 Å². The van der Waals surface area contributed by atoms with Crippen molar-refractivity contribution in [1.82, 2.24) is 19.9 Å². The highest BCUT2D eigenvalue weighted by molar-refractivity contribution is 9.10. The fourth-order valence-electron chi connectivity index (χ4n) is 3.39. The van der Waals surface area contributed by atoms with E-state index in [-0.39, 0.29) is 0 Å². The van der Waals surface area contributed by atoms with Gasteiger partial charge in [0.25, 0.3) is 0 Å². The van der Waals surface area contributed by atoms with E-state index < -0.39 is 0 Å². The van der Waals surface area contributed by atoms with Crippen molar-refractivity contribution in [2.45, 2.75) is 0 Å². The van der Waals surface area contributed by atoms with Gasteiger partial charge < -0.3 is 19.6 Å². The van der Waals surface area contributed by atoms with Gasteiger partial charge in [-0.15, -0.1) is 0 Å². The molecule has 0 bridgehead atoms. The van der Waals surface area contributed by atoms with E-state index in [1.807, 2.05) is 24.5 Å². The topological polar surface area (TPSA) is 51.6 Å². The number of rotatable bonds is 3. The number of nitrogens with zero attached hydrogens (tertiary/aromatic N) is 7. The summed E-state index contributed by atoms with van der Waals surface area (Å²) in [5.74, 6) is 2.92. The number of likely N-dealkylation sites (N-methyl/N-ethyl adjacent to an activating group) is 1. The maximum Gasteiger partial charge on any atom is 0.227 e. The average Bonchev–Trinajstić information content (AvgIpc) is 2.69. The molecule has 0 N–H and O–H groups in total. The molecule has 0 aromatic carbocycles. The van der Waals surface area contributed by atoms with Crippen molar-refractivity contribution in [1.29, 1.82) is 0 Å². The highest BCUT2D eigenvalue weighted by Gasteiger charge is 2.21. The Kier molecular flexibility index (Phi) is 5.21. The zero-order valence-electron chi connectivity index (χ0n) is 15.1. The maximum absolute atomic E-state index is 4.84. The molecule has 2 aromatic rings. The minimum absolute atomic E-state index is 0.854. The molecule has 2 aromatic heterocycles. The molecule has 2 fully saturated rings. The van der Waals surface area contributed by atoms with Gasteiger partial charge in [-0.2, -0.15) is 4.98 Å².